The minimum Gasteiger partial charge on any atom is -0.357 e. The Balaban J connectivity index is 0.00000288. The molecule has 9 heteroatoms. The van der Waals surface area contributed by atoms with E-state index in [1.807, 2.05) is 23.4 Å². The van der Waals surface area contributed by atoms with Gasteiger partial charge in [0.25, 0.3) is 0 Å². The molecule has 24 heavy (non-hydrogen) atoms. The molecule has 0 bridgehead atoms. The van der Waals surface area contributed by atoms with E-state index in [2.05, 4.69) is 20.6 Å². The molecule has 0 spiro atoms. The number of aliphatic imine (C=N–C) groups is 1. The summed E-state index contributed by atoms with van der Waals surface area (Å²) in [5.41, 5.74) is 0. The van der Waals surface area contributed by atoms with E-state index in [1.54, 1.807) is 23.1 Å². The monoisotopic (exact) mass is 483 g/mol. The Morgan fingerprint density at radius 3 is 2.88 bits per heavy atom. The molecule has 2 rings (SSSR count). The van der Waals surface area contributed by atoms with Crippen LogP contribution in [0.25, 0.3) is 0 Å². The number of halogens is 1. The van der Waals surface area contributed by atoms with Gasteiger partial charge in [-0.1, -0.05) is 11.8 Å². The molecule has 1 amide bonds. The van der Waals surface area contributed by atoms with Crippen LogP contribution in [0.5, 0.6) is 0 Å². The van der Waals surface area contributed by atoms with Crippen LogP contribution in [0, 0.1) is 0 Å². The maximum absolute atomic E-state index is 12.0. The molecule has 6 nitrogen and oxygen atoms in total. The van der Waals surface area contributed by atoms with E-state index >= 15 is 0 Å². The van der Waals surface area contributed by atoms with Crippen LogP contribution in [0.4, 0.5) is 0 Å². The van der Waals surface area contributed by atoms with E-state index in [1.165, 1.54) is 0 Å². The van der Waals surface area contributed by atoms with Crippen LogP contribution in [-0.2, 0) is 4.79 Å². The minimum atomic E-state index is 0. The third-order valence-electron chi connectivity index (χ3n) is 3.42. The summed E-state index contributed by atoms with van der Waals surface area (Å²) in [6, 6.07) is 0. The molecule has 2 heterocycles. The first-order valence-electron chi connectivity index (χ1n) is 8.12. The molecule has 0 unspecified atom stereocenters. The number of nitrogens with zero attached hydrogens (tertiary/aromatic N) is 3. The zero-order valence-electron chi connectivity index (χ0n) is 14.0. The number of carbonyl (C=O) groups is 1. The second-order valence-electron chi connectivity index (χ2n) is 5.21. The van der Waals surface area contributed by atoms with Crippen molar-refractivity contribution in [2.75, 3.05) is 38.5 Å². The lowest BCUT2D eigenvalue weighted by Gasteiger charge is -2.15. The number of rotatable bonds is 8. The summed E-state index contributed by atoms with van der Waals surface area (Å²) in [4.78, 5) is 22.6. The number of carbonyl (C=O) groups excluding carboxylic acids is 1. The van der Waals surface area contributed by atoms with Crippen LogP contribution >= 0.6 is 47.1 Å². The molecule has 0 radical (unpaired) electrons. The second-order valence-corrected chi connectivity index (χ2v) is 7.45. The predicted octanol–water partition coefficient (Wildman–Crippen LogP) is 2.42. The molecular formula is C15H26IN5OS2. The number of amides is 1. The smallest absolute Gasteiger partial charge is 0.244 e. The largest absolute Gasteiger partial charge is 0.357 e. The molecule has 2 N–H and O–H groups in total. The molecule has 0 atom stereocenters. The van der Waals surface area contributed by atoms with Crippen molar-refractivity contribution in [3.8, 4) is 0 Å². The van der Waals surface area contributed by atoms with Crippen molar-refractivity contribution < 1.29 is 4.79 Å². The summed E-state index contributed by atoms with van der Waals surface area (Å²) < 4.78 is 1.11. The lowest BCUT2D eigenvalue weighted by atomic mass is 10.4. The van der Waals surface area contributed by atoms with Gasteiger partial charge in [-0.05, 0) is 26.2 Å². The Hall–Kier alpha value is -0.550. The van der Waals surface area contributed by atoms with Crippen molar-refractivity contribution in [1.29, 1.82) is 0 Å². The molecule has 0 aliphatic carbocycles. The van der Waals surface area contributed by atoms with Crippen LogP contribution in [-0.4, -0.2) is 60.2 Å². The first-order chi connectivity index (χ1) is 11.3. The number of nitrogens with one attached hydrogen (secondary N) is 2. The van der Waals surface area contributed by atoms with Crippen LogP contribution < -0.4 is 10.6 Å². The fraction of sp³-hybridized carbons (Fsp3) is 0.667. The Morgan fingerprint density at radius 1 is 1.42 bits per heavy atom. The number of thiazole rings is 1. The van der Waals surface area contributed by atoms with Gasteiger partial charge in [-0.15, -0.1) is 35.3 Å². The topological polar surface area (TPSA) is 69.6 Å². The molecule has 0 saturated carbocycles. The zero-order chi connectivity index (χ0) is 16.3. The Morgan fingerprint density at radius 2 is 2.21 bits per heavy atom. The number of guanidine groups is 1. The van der Waals surface area contributed by atoms with E-state index in [0.29, 0.717) is 0 Å². The highest BCUT2D eigenvalue weighted by atomic mass is 127. The average Bonchev–Trinajstić information content (AvgIpc) is 3.25. The number of hydrogen-bond acceptors (Lipinski definition) is 5. The summed E-state index contributed by atoms with van der Waals surface area (Å²) in [5, 5.41) is 8.46. The molecule has 1 fully saturated rings. The van der Waals surface area contributed by atoms with E-state index in [4.69, 9.17) is 0 Å². The summed E-state index contributed by atoms with van der Waals surface area (Å²) >= 11 is 3.45. The molecule has 0 aromatic carbocycles. The molecular weight excluding hydrogens is 457 g/mol. The highest BCUT2D eigenvalue weighted by Gasteiger charge is 2.17. The fourth-order valence-corrected chi connectivity index (χ4v) is 3.92. The summed E-state index contributed by atoms with van der Waals surface area (Å²) in [6.45, 7) is 5.64. The van der Waals surface area contributed by atoms with Gasteiger partial charge >= 0.3 is 0 Å². The molecule has 1 aliphatic heterocycles. The van der Waals surface area contributed by atoms with Crippen molar-refractivity contribution in [2.24, 2.45) is 4.99 Å². The standard InChI is InChI=1S/C15H25N5OS2.HI/c1-2-16-14(19-12-13(21)20-8-3-4-9-20)17-6-5-10-22-15-18-7-11-23-15;/h7,11H,2-6,8-10,12H2,1H3,(H2,16,17,19);1H. The maximum Gasteiger partial charge on any atom is 0.244 e. The quantitative estimate of drug-likeness (QED) is 0.196. The SMILES string of the molecule is CCNC(=NCC(=O)N1CCCC1)NCCCSc1nccs1.I. The molecule has 1 aromatic heterocycles. The zero-order valence-corrected chi connectivity index (χ0v) is 18.0. The highest BCUT2D eigenvalue weighted by molar-refractivity contribution is 14.0. The number of hydrogen-bond donors (Lipinski definition) is 2. The lowest BCUT2D eigenvalue weighted by molar-refractivity contribution is -0.128. The van der Waals surface area contributed by atoms with Gasteiger partial charge in [0.2, 0.25) is 5.91 Å². The maximum atomic E-state index is 12.0. The van der Waals surface area contributed by atoms with Crippen LogP contribution in [0.3, 0.4) is 0 Å². The van der Waals surface area contributed by atoms with E-state index < -0.39 is 0 Å². The van der Waals surface area contributed by atoms with Gasteiger partial charge in [-0.25, -0.2) is 9.98 Å². The van der Waals surface area contributed by atoms with Crippen LogP contribution in [0.15, 0.2) is 20.9 Å². The average molecular weight is 483 g/mol. The summed E-state index contributed by atoms with van der Waals surface area (Å²) in [6.07, 6.45) is 5.09. The first-order valence-corrected chi connectivity index (χ1v) is 9.98. The van der Waals surface area contributed by atoms with Crippen LogP contribution in [0.2, 0.25) is 0 Å². The van der Waals surface area contributed by atoms with Gasteiger partial charge < -0.3 is 15.5 Å². The van der Waals surface area contributed by atoms with E-state index in [9.17, 15) is 4.79 Å². The predicted molar refractivity (Wildman–Crippen MR) is 113 cm³/mol. The number of likely N-dealkylation sites (tertiary alicyclic amines) is 1. The number of aromatic nitrogens is 1. The molecule has 1 aliphatic rings. The van der Waals surface area contributed by atoms with E-state index in [-0.39, 0.29) is 36.4 Å². The second kappa shape index (κ2) is 12.8. The van der Waals surface area contributed by atoms with Crippen LogP contribution in [0.1, 0.15) is 26.2 Å². The van der Waals surface area contributed by atoms with Crippen molar-refractivity contribution >= 4 is 58.9 Å². The van der Waals surface area contributed by atoms with E-state index in [0.717, 1.165) is 61.5 Å². The third kappa shape index (κ3) is 8.02. The number of thioether (sulfide) groups is 1. The summed E-state index contributed by atoms with van der Waals surface area (Å²) in [7, 11) is 0. The summed E-state index contributed by atoms with van der Waals surface area (Å²) in [5.74, 6) is 1.87. The minimum absolute atomic E-state index is 0. The van der Waals surface area contributed by atoms with Gasteiger partial charge in [0, 0.05) is 43.5 Å². The van der Waals surface area contributed by atoms with Gasteiger partial charge in [-0.3, -0.25) is 4.79 Å². The molecule has 1 saturated heterocycles. The van der Waals surface area contributed by atoms with Crippen molar-refractivity contribution in [3.05, 3.63) is 11.6 Å². The molecule has 1 aromatic rings. The van der Waals surface area contributed by atoms with Crippen molar-refractivity contribution in [2.45, 2.75) is 30.5 Å². The molecule has 136 valence electrons. The first kappa shape index (κ1) is 21.5. The van der Waals surface area contributed by atoms with Crippen molar-refractivity contribution in [1.82, 2.24) is 20.5 Å². The van der Waals surface area contributed by atoms with Gasteiger partial charge in [0.05, 0.1) is 0 Å². The van der Waals surface area contributed by atoms with Gasteiger partial charge in [0.15, 0.2) is 5.96 Å². The Bertz CT molecular complexity index is 492. The van der Waals surface area contributed by atoms with Gasteiger partial charge in [-0.2, -0.15) is 0 Å². The van der Waals surface area contributed by atoms with Crippen molar-refractivity contribution in [3.63, 3.8) is 0 Å². The Labute approximate surface area is 169 Å². The highest BCUT2D eigenvalue weighted by Crippen LogP contribution is 2.20. The third-order valence-corrected chi connectivity index (χ3v) is 5.48. The normalized spacial score (nSPS) is 14.4. The lowest BCUT2D eigenvalue weighted by Crippen LogP contribution is -2.39. The Kier molecular flexibility index (Phi) is 11.4. The van der Waals surface area contributed by atoms with Gasteiger partial charge in [0.1, 0.15) is 10.9 Å². The fourth-order valence-electron chi connectivity index (χ4n) is 2.28.